The number of pyridine rings is 1. The van der Waals surface area contributed by atoms with Crippen LogP contribution in [0.1, 0.15) is 23.2 Å². The lowest BCUT2D eigenvalue weighted by Gasteiger charge is -2.31. The molecule has 0 bridgehead atoms. The average Bonchev–Trinajstić information content (AvgIpc) is 2.69. The summed E-state index contributed by atoms with van der Waals surface area (Å²) in [5, 5.41) is 3.04. The van der Waals surface area contributed by atoms with Crippen molar-refractivity contribution in [2.45, 2.75) is 12.8 Å². The maximum absolute atomic E-state index is 12.4. The minimum atomic E-state index is -0.000671. The standard InChI is InChI=1S/C18H26N4O3/c23-17(20-6-9-21-10-12-25-13-11-21)15-3-7-22(8-4-15)18(24)16-2-1-5-19-14-16/h1-2,5,14-15H,3-4,6-13H2,(H,20,23). The number of amides is 2. The molecule has 2 amide bonds. The van der Waals surface area contributed by atoms with Gasteiger partial charge in [-0.25, -0.2) is 0 Å². The highest BCUT2D eigenvalue weighted by molar-refractivity contribution is 5.94. The fourth-order valence-corrected chi connectivity index (χ4v) is 3.32. The van der Waals surface area contributed by atoms with Gasteiger partial charge in [0.2, 0.25) is 5.91 Å². The number of nitrogens with zero attached hydrogens (tertiary/aromatic N) is 3. The van der Waals surface area contributed by atoms with Crippen LogP contribution in [0.4, 0.5) is 0 Å². The Kier molecular flexibility index (Phi) is 6.36. The molecule has 1 N–H and O–H groups in total. The summed E-state index contributed by atoms with van der Waals surface area (Å²) in [4.78, 5) is 32.8. The Labute approximate surface area is 148 Å². The van der Waals surface area contributed by atoms with E-state index in [0.29, 0.717) is 25.2 Å². The molecule has 0 atom stereocenters. The number of rotatable bonds is 5. The van der Waals surface area contributed by atoms with Crippen LogP contribution in [0.25, 0.3) is 0 Å². The van der Waals surface area contributed by atoms with Crippen molar-refractivity contribution in [2.75, 3.05) is 52.5 Å². The van der Waals surface area contributed by atoms with E-state index in [0.717, 1.165) is 45.7 Å². The first kappa shape index (κ1) is 17.8. The maximum atomic E-state index is 12.4. The van der Waals surface area contributed by atoms with Gasteiger partial charge in [0.25, 0.3) is 5.91 Å². The van der Waals surface area contributed by atoms with E-state index in [-0.39, 0.29) is 17.7 Å². The molecule has 7 nitrogen and oxygen atoms in total. The predicted molar refractivity (Wildman–Crippen MR) is 93.1 cm³/mol. The normalized spacial score (nSPS) is 19.6. The molecule has 0 radical (unpaired) electrons. The van der Waals surface area contributed by atoms with E-state index in [1.54, 1.807) is 24.5 Å². The zero-order valence-electron chi connectivity index (χ0n) is 14.5. The summed E-state index contributed by atoms with van der Waals surface area (Å²) in [6, 6.07) is 3.54. The minimum absolute atomic E-state index is 0.000671. The topological polar surface area (TPSA) is 74.8 Å². The Balaban J connectivity index is 1.38. The van der Waals surface area contributed by atoms with Crippen LogP contribution >= 0.6 is 0 Å². The van der Waals surface area contributed by atoms with Crippen molar-refractivity contribution in [3.05, 3.63) is 30.1 Å². The number of carbonyl (C=O) groups excluding carboxylic acids is 2. The molecule has 0 saturated carbocycles. The van der Waals surface area contributed by atoms with Gasteiger partial charge >= 0.3 is 0 Å². The summed E-state index contributed by atoms with van der Waals surface area (Å²) in [7, 11) is 0. The quantitative estimate of drug-likeness (QED) is 0.834. The van der Waals surface area contributed by atoms with Gasteiger partial charge in [-0.3, -0.25) is 19.5 Å². The van der Waals surface area contributed by atoms with Crippen molar-refractivity contribution in [2.24, 2.45) is 5.92 Å². The molecule has 136 valence electrons. The lowest BCUT2D eigenvalue weighted by molar-refractivity contribution is -0.126. The van der Waals surface area contributed by atoms with Gasteiger partial charge < -0.3 is 15.0 Å². The maximum Gasteiger partial charge on any atom is 0.255 e. The van der Waals surface area contributed by atoms with Crippen LogP contribution in [-0.4, -0.2) is 79.1 Å². The Morgan fingerprint density at radius 3 is 2.64 bits per heavy atom. The van der Waals surface area contributed by atoms with Crippen LogP contribution in [0.2, 0.25) is 0 Å². The highest BCUT2D eigenvalue weighted by Crippen LogP contribution is 2.19. The molecular weight excluding hydrogens is 320 g/mol. The Morgan fingerprint density at radius 1 is 1.20 bits per heavy atom. The van der Waals surface area contributed by atoms with E-state index in [4.69, 9.17) is 4.74 Å². The van der Waals surface area contributed by atoms with E-state index in [9.17, 15) is 9.59 Å². The van der Waals surface area contributed by atoms with Gasteiger partial charge in [-0.1, -0.05) is 0 Å². The van der Waals surface area contributed by atoms with Crippen molar-refractivity contribution in [1.82, 2.24) is 20.1 Å². The van der Waals surface area contributed by atoms with E-state index in [1.807, 2.05) is 4.90 Å². The van der Waals surface area contributed by atoms with Crippen molar-refractivity contribution < 1.29 is 14.3 Å². The summed E-state index contributed by atoms with van der Waals surface area (Å²) in [5.41, 5.74) is 0.607. The summed E-state index contributed by atoms with van der Waals surface area (Å²) in [6.45, 7) is 6.20. The van der Waals surface area contributed by atoms with Crippen LogP contribution in [-0.2, 0) is 9.53 Å². The molecule has 2 fully saturated rings. The molecule has 2 saturated heterocycles. The third-order valence-corrected chi connectivity index (χ3v) is 4.89. The van der Waals surface area contributed by atoms with Crippen molar-refractivity contribution in [3.63, 3.8) is 0 Å². The van der Waals surface area contributed by atoms with Crippen molar-refractivity contribution >= 4 is 11.8 Å². The Morgan fingerprint density at radius 2 is 1.96 bits per heavy atom. The van der Waals surface area contributed by atoms with Crippen molar-refractivity contribution in [3.8, 4) is 0 Å². The van der Waals surface area contributed by atoms with Gasteiger partial charge in [0.05, 0.1) is 18.8 Å². The molecule has 2 aliphatic heterocycles. The number of morpholine rings is 1. The zero-order chi connectivity index (χ0) is 17.5. The predicted octanol–water partition coefficient (Wildman–Crippen LogP) is 0.382. The lowest BCUT2D eigenvalue weighted by Crippen LogP contribution is -2.45. The van der Waals surface area contributed by atoms with Crippen LogP contribution in [0, 0.1) is 5.92 Å². The number of hydrogen-bond donors (Lipinski definition) is 1. The molecule has 1 aromatic rings. The van der Waals surface area contributed by atoms with Crippen LogP contribution in [0.5, 0.6) is 0 Å². The lowest BCUT2D eigenvalue weighted by atomic mass is 9.95. The molecule has 1 aromatic heterocycles. The molecule has 0 unspecified atom stereocenters. The number of piperidine rings is 1. The molecule has 25 heavy (non-hydrogen) atoms. The summed E-state index contributed by atoms with van der Waals surface area (Å²) < 4.78 is 5.32. The molecule has 2 aliphatic rings. The monoisotopic (exact) mass is 346 g/mol. The molecule has 7 heteroatoms. The zero-order valence-corrected chi connectivity index (χ0v) is 14.5. The number of carbonyl (C=O) groups is 2. The number of ether oxygens (including phenoxy) is 1. The molecule has 0 spiro atoms. The molecule has 3 heterocycles. The van der Waals surface area contributed by atoms with Gasteiger partial charge in [-0.15, -0.1) is 0 Å². The Hall–Kier alpha value is -1.99. The number of nitrogens with one attached hydrogen (secondary N) is 1. The minimum Gasteiger partial charge on any atom is -0.379 e. The van der Waals surface area contributed by atoms with E-state index in [2.05, 4.69) is 15.2 Å². The van der Waals surface area contributed by atoms with Crippen LogP contribution in [0.3, 0.4) is 0 Å². The molecule has 0 aliphatic carbocycles. The van der Waals surface area contributed by atoms with Crippen molar-refractivity contribution in [1.29, 1.82) is 0 Å². The second-order valence-corrected chi connectivity index (χ2v) is 6.55. The second-order valence-electron chi connectivity index (χ2n) is 6.55. The summed E-state index contributed by atoms with van der Waals surface area (Å²) >= 11 is 0. The third kappa shape index (κ3) is 4.99. The number of likely N-dealkylation sites (tertiary alicyclic amines) is 1. The highest BCUT2D eigenvalue weighted by atomic mass is 16.5. The van der Waals surface area contributed by atoms with E-state index < -0.39 is 0 Å². The fourth-order valence-electron chi connectivity index (χ4n) is 3.32. The average molecular weight is 346 g/mol. The summed E-state index contributed by atoms with van der Waals surface area (Å²) in [6.07, 6.45) is 4.68. The molecular formula is C18H26N4O3. The van der Waals surface area contributed by atoms with Crippen LogP contribution < -0.4 is 5.32 Å². The summed E-state index contributed by atoms with van der Waals surface area (Å²) in [5.74, 6) is 0.114. The van der Waals surface area contributed by atoms with E-state index >= 15 is 0 Å². The largest absolute Gasteiger partial charge is 0.379 e. The van der Waals surface area contributed by atoms with Gasteiger partial charge in [0, 0.05) is 57.6 Å². The molecule has 3 rings (SSSR count). The van der Waals surface area contributed by atoms with Crippen LogP contribution in [0.15, 0.2) is 24.5 Å². The van der Waals surface area contributed by atoms with E-state index in [1.165, 1.54) is 0 Å². The molecule has 0 aromatic carbocycles. The highest BCUT2D eigenvalue weighted by Gasteiger charge is 2.27. The SMILES string of the molecule is O=C(NCCN1CCOCC1)C1CCN(C(=O)c2cccnc2)CC1. The number of hydrogen-bond acceptors (Lipinski definition) is 5. The van der Waals surface area contributed by atoms with Gasteiger partial charge in [-0.2, -0.15) is 0 Å². The Bertz CT molecular complexity index is 567. The number of aromatic nitrogens is 1. The first-order valence-electron chi connectivity index (χ1n) is 9.01. The smallest absolute Gasteiger partial charge is 0.255 e. The first-order valence-corrected chi connectivity index (χ1v) is 9.01. The first-order chi connectivity index (χ1) is 12.2. The second kappa shape index (κ2) is 8.92. The van der Waals surface area contributed by atoms with Gasteiger partial charge in [-0.05, 0) is 25.0 Å². The van der Waals surface area contributed by atoms with Gasteiger partial charge in [0.1, 0.15) is 0 Å². The third-order valence-electron chi connectivity index (χ3n) is 4.89. The van der Waals surface area contributed by atoms with Gasteiger partial charge in [0.15, 0.2) is 0 Å². The fraction of sp³-hybridized carbons (Fsp3) is 0.611.